The summed E-state index contributed by atoms with van der Waals surface area (Å²) in [6.45, 7) is 0. The van der Waals surface area contributed by atoms with Crippen LogP contribution in [-0.2, 0) is 9.53 Å². The number of para-hydroxylation sites is 1. The highest BCUT2D eigenvalue weighted by Crippen LogP contribution is 2.25. The molecular formula is C22H14FNO3. The van der Waals surface area contributed by atoms with Gasteiger partial charge in [0, 0.05) is 0 Å². The van der Waals surface area contributed by atoms with E-state index < -0.39 is 11.8 Å². The van der Waals surface area contributed by atoms with Gasteiger partial charge in [-0.3, -0.25) is 0 Å². The molecule has 0 atom stereocenters. The van der Waals surface area contributed by atoms with Crippen LogP contribution < -0.4 is 4.74 Å². The zero-order valence-corrected chi connectivity index (χ0v) is 14.1. The molecule has 0 saturated carbocycles. The van der Waals surface area contributed by atoms with E-state index >= 15 is 0 Å². The molecule has 0 unspecified atom stereocenters. The Morgan fingerprint density at radius 2 is 1.63 bits per heavy atom. The van der Waals surface area contributed by atoms with Crippen molar-refractivity contribution in [3.63, 3.8) is 0 Å². The lowest BCUT2D eigenvalue weighted by atomic mass is 10.2. The van der Waals surface area contributed by atoms with Crippen molar-refractivity contribution in [3.8, 4) is 11.5 Å². The van der Waals surface area contributed by atoms with Crippen LogP contribution in [0.1, 0.15) is 11.1 Å². The smallest absolute Gasteiger partial charge is 0.363 e. The number of nitrogens with zero attached hydrogens (tertiary/aromatic N) is 1. The quantitative estimate of drug-likeness (QED) is 0.488. The van der Waals surface area contributed by atoms with Crippen LogP contribution in [0.25, 0.3) is 6.08 Å². The average molecular weight is 359 g/mol. The number of benzene rings is 3. The first-order chi connectivity index (χ1) is 13.2. The summed E-state index contributed by atoms with van der Waals surface area (Å²) in [4.78, 5) is 16.2. The van der Waals surface area contributed by atoms with E-state index in [1.807, 2.05) is 48.5 Å². The van der Waals surface area contributed by atoms with Gasteiger partial charge in [-0.15, -0.1) is 0 Å². The summed E-state index contributed by atoms with van der Waals surface area (Å²) in [5, 5.41) is 0. The number of cyclic esters (lactones) is 1. The summed E-state index contributed by atoms with van der Waals surface area (Å²) in [7, 11) is 0. The van der Waals surface area contributed by atoms with E-state index in [1.165, 1.54) is 12.1 Å². The molecule has 4 rings (SSSR count). The molecule has 0 saturated heterocycles. The molecule has 132 valence electrons. The number of carbonyl (C=O) groups excluding carboxylic acids is 1. The second-order valence-corrected chi connectivity index (χ2v) is 5.80. The van der Waals surface area contributed by atoms with E-state index in [-0.39, 0.29) is 17.2 Å². The van der Waals surface area contributed by atoms with Crippen LogP contribution in [0.15, 0.2) is 89.6 Å². The van der Waals surface area contributed by atoms with Crippen molar-refractivity contribution in [2.75, 3.05) is 0 Å². The Morgan fingerprint density at radius 3 is 2.44 bits per heavy atom. The van der Waals surface area contributed by atoms with Crippen molar-refractivity contribution in [3.05, 3.63) is 102 Å². The molecule has 0 radical (unpaired) electrons. The van der Waals surface area contributed by atoms with Crippen molar-refractivity contribution in [1.29, 1.82) is 0 Å². The summed E-state index contributed by atoms with van der Waals surface area (Å²) < 4.78 is 24.8. The van der Waals surface area contributed by atoms with Gasteiger partial charge in [-0.1, -0.05) is 42.5 Å². The maximum absolute atomic E-state index is 13.9. The highest BCUT2D eigenvalue weighted by Gasteiger charge is 2.25. The summed E-state index contributed by atoms with van der Waals surface area (Å²) in [5.41, 5.74) is 0.967. The largest absolute Gasteiger partial charge is 0.457 e. The number of aliphatic imine (C=N–C) groups is 1. The van der Waals surface area contributed by atoms with Crippen molar-refractivity contribution in [2.45, 2.75) is 0 Å². The van der Waals surface area contributed by atoms with Gasteiger partial charge in [-0.05, 0) is 48.0 Å². The molecular weight excluding hydrogens is 345 g/mol. The molecule has 3 aromatic rings. The number of ether oxygens (including phenoxy) is 2. The van der Waals surface area contributed by atoms with Crippen LogP contribution in [0.5, 0.6) is 11.5 Å². The average Bonchev–Trinajstić information content (AvgIpc) is 3.03. The molecule has 1 aliphatic heterocycles. The number of rotatable bonds is 4. The molecule has 4 nitrogen and oxygen atoms in total. The van der Waals surface area contributed by atoms with Gasteiger partial charge in [0.2, 0.25) is 5.90 Å². The van der Waals surface area contributed by atoms with Gasteiger partial charge < -0.3 is 9.47 Å². The van der Waals surface area contributed by atoms with E-state index in [9.17, 15) is 9.18 Å². The first-order valence-electron chi connectivity index (χ1n) is 8.29. The van der Waals surface area contributed by atoms with Crippen LogP contribution in [0.4, 0.5) is 4.39 Å². The van der Waals surface area contributed by atoms with Crippen LogP contribution in [0.3, 0.4) is 0 Å². The number of esters is 1. The fourth-order valence-corrected chi connectivity index (χ4v) is 2.61. The molecule has 0 spiro atoms. The first-order valence-corrected chi connectivity index (χ1v) is 8.29. The van der Waals surface area contributed by atoms with Gasteiger partial charge in [-0.2, -0.15) is 0 Å². The van der Waals surface area contributed by atoms with Gasteiger partial charge in [-0.25, -0.2) is 14.2 Å². The molecule has 0 aliphatic carbocycles. The molecule has 0 fully saturated rings. The predicted molar refractivity (Wildman–Crippen MR) is 100.0 cm³/mol. The third kappa shape index (κ3) is 3.77. The fourth-order valence-electron chi connectivity index (χ4n) is 2.61. The summed E-state index contributed by atoms with van der Waals surface area (Å²) in [5.74, 6) is 0.176. The molecule has 0 aromatic heterocycles. The molecule has 1 heterocycles. The van der Waals surface area contributed by atoms with Crippen LogP contribution in [0.2, 0.25) is 0 Å². The Bertz CT molecular complexity index is 1060. The lowest BCUT2D eigenvalue weighted by molar-refractivity contribution is -0.129. The van der Waals surface area contributed by atoms with Gasteiger partial charge in [0.05, 0.1) is 5.56 Å². The van der Waals surface area contributed by atoms with Crippen molar-refractivity contribution in [1.82, 2.24) is 0 Å². The Kier molecular flexibility index (Phi) is 4.49. The highest BCUT2D eigenvalue weighted by atomic mass is 19.1. The predicted octanol–water partition coefficient (Wildman–Crippen LogP) is 4.96. The van der Waals surface area contributed by atoms with Crippen molar-refractivity contribution < 1.29 is 18.7 Å². The maximum Gasteiger partial charge on any atom is 0.363 e. The molecule has 1 aliphatic rings. The Labute approximate surface area is 155 Å². The molecule has 3 aromatic carbocycles. The number of hydrogen-bond acceptors (Lipinski definition) is 4. The van der Waals surface area contributed by atoms with Gasteiger partial charge in [0.15, 0.2) is 5.70 Å². The SMILES string of the molecule is O=C1OC(c2ccccc2F)=N/C1=C\c1cccc(Oc2ccccc2)c1. The number of carbonyl (C=O) groups is 1. The van der Waals surface area contributed by atoms with Crippen molar-refractivity contribution >= 4 is 17.9 Å². The minimum atomic E-state index is -0.623. The normalized spacial score (nSPS) is 14.8. The Balaban J connectivity index is 1.61. The standard InChI is InChI=1S/C22H14FNO3/c23-19-12-5-4-11-18(19)21-24-20(22(25)27-21)14-15-7-6-10-17(13-15)26-16-8-2-1-3-9-16/h1-14H/b20-14-. The summed E-state index contributed by atoms with van der Waals surface area (Å²) in [6, 6.07) is 22.6. The Hall–Kier alpha value is -3.73. The Morgan fingerprint density at radius 1 is 0.889 bits per heavy atom. The lowest BCUT2D eigenvalue weighted by Gasteiger charge is -2.05. The summed E-state index contributed by atoms with van der Waals surface area (Å²) >= 11 is 0. The minimum absolute atomic E-state index is 0.0407. The van der Waals surface area contributed by atoms with E-state index in [0.29, 0.717) is 17.1 Å². The molecule has 0 N–H and O–H groups in total. The van der Waals surface area contributed by atoms with Crippen LogP contribution in [-0.4, -0.2) is 11.9 Å². The molecule has 5 heteroatoms. The second-order valence-electron chi connectivity index (χ2n) is 5.80. The molecule has 0 amide bonds. The first kappa shape index (κ1) is 16.7. The maximum atomic E-state index is 13.9. The van der Waals surface area contributed by atoms with Gasteiger partial charge >= 0.3 is 5.97 Å². The van der Waals surface area contributed by atoms with E-state index in [0.717, 1.165) is 0 Å². The van der Waals surface area contributed by atoms with Gasteiger partial charge in [0.1, 0.15) is 17.3 Å². The molecule has 27 heavy (non-hydrogen) atoms. The van der Waals surface area contributed by atoms with Crippen molar-refractivity contribution in [2.24, 2.45) is 4.99 Å². The lowest BCUT2D eigenvalue weighted by Crippen LogP contribution is -2.07. The highest BCUT2D eigenvalue weighted by molar-refractivity contribution is 6.12. The number of halogens is 1. The summed E-state index contributed by atoms with van der Waals surface area (Å²) in [6.07, 6.45) is 1.58. The number of hydrogen-bond donors (Lipinski definition) is 0. The third-order valence-corrected chi connectivity index (χ3v) is 3.87. The fraction of sp³-hybridized carbons (Fsp3) is 0. The van der Waals surface area contributed by atoms with Crippen LogP contribution >= 0.6 is 0 Å². The molecule has 0 bridgehead atoms. The van der Waals surface area contributed by atoms with E-state index in [2.05, 4.69) is 4.99 Å². The van der Waals surface area contributed by atoms with Gasteiger partial charge in [0.25, 0.3) is 0 Å². The topological polar surface area (TPSA) is 47.9 Å². The monoisotopic (exact) mass is 359 g/mol. The van der Waals surface area contributed by atoms with Crippen LogP contribution in [0, 0.1) is 5.82 Å². The second kappa shape index (κ2) is 7.25. The zero-order chi connectivity index (χ0) is 18.6. The minimum Gasteiger partial charge on any atom is -0.457 e. The van der Waals surface area contributed by atoms with E-state index in [1.54, 1.807) is 24.3 Å². The van der Waals surface area contributed by atoms with E-state index in [4.69, 9.17) is 9.47 Å². The zero-order valence-electron chi connectivity index (χ0n) is 14.1. The third-order valence-electron chi connectivity index (χ3n) is 3.87.